The Labute approximate surface area is 280 Å². The van der Waals surface area contributed by atoms with E-state index in [0.29, 0.717) is 19.3 Å². The molecule has 0 aromatic heterocycles. The zero-order valence-corrected chi connectivity index (χ0v) is 28.9. The first kappa shape index (κ1) is 36.1. The Morgan fingerprint density at radius 3 is 2.17 bits per heavy atom. The number of carbonyl (C=O) groups is 2. The Bertz CT molecular complexity index is 1450. The first-order valence-electron chi connectivity index (χ1n) is 16.8. The molecule has 0 fully saturated rings. The predicted octanol–water partition coefficient (Wildman–Crippen LogP) is 5.15. The fraction of sp³-hybridized carbons (Fsp3) is 0.487. The van der Waals surface area contributed by atoms with Crippen molar-refractivity contribution in [3.63, 3.8) is 0 Å². The summed E-state index contributed by atoms with van der Waals surface area (Å²) < 4.78 is 6.45. The van der Waals surface area contributed by atoms with Gasteiger partial charge < -0.3 is 30.1 Å². The van der Waals surface area contributed by atoms with Gasteiger partial charge in [-0.25, -0.2) is 4.79 Å². The van der Waals surface area contributed by atoms with E-state index in [-0.39, 0.29) is 12.3 Å². The molecule has 0 aliphatic heterocycles. The molecule has 0 saturated carbocycles. The van der Waals surface area contributed by atoms with Gasteiger partial charge in [-0.3, -0.25) is 4.79 Å². The van der Waals surface area contributed by atoms with Crippen molar-refractivity contribution in [2.45, 2.75) is 89.2 Å². The minimum absolute atomic E-state index is 0.106. The highest BCUT2D eigenvalue weighted by Crippen LogP contribution is 2.32. The molecule has 5 atom stereocenters. The van der Waals surface area contributed by atoms with E-state index in [1.807, 2.05) is 54.6 Å². The monoisotopic (exact) mass is 644 g/mol. The molecule has 0 unspecified atom stereocenters. The van der Waals surface area contributed by atoms with Gasteiger partial charge in [0.15, 0.2) is 0 Å². The minimum Gasteiger partial charge on any atom is -0.444 e. The summed E-state index contributed by atoms with van der Waals surface area (Å²) in [6.07, 6.45) is 1.01. The van der Waals surface area contributed by atoms with E-state index in [4.69, 9.17) is 4.74 Å². The van der Waals surface area contributed by atoms with Crippen molar-refractivity contribution in [1.29, 1.82) is 0 Å². The van der Waals surface area contributed by atoms with Crippen LogP contribution < -0.4 is 10.6 Å². The predicted molar refractivity (Wildman–Crippen MR) is 186 cm³/mol. The average Bonchev–Trinajstić information content (AvgIpc) is 3.30. The molecule has 0 heterocycles. The van der Waals surface area contributed by atoms with Gasteiger partial charge in [0.05, 0.1) is 52.0 Å². The number of aliphatic hydroxyl groups is 2. The zero-order chi connectivity index (χ0) is 34.2. The van der Waals surface area contributed by atoms with Gasteiger partial charge in [0.2, 0.25) is 5.91 Å². The van der Waals surface area contributed by atoms with Crippen LogP contribution in [0.25, 0.3) is 0 Å². The summed E-state index contributed by atoms with van der Waals surface area (Å²) in [5, 5.41) is 28.6. The first-order chi connectivity index (χ1) is 22.2. The van der Waals surface area contributed by atoms with E-state index in [9.17, 15) is 19.8 Å². The lowest BCUT2D eigenvalue weighted by Gasteiger charge is -2.30. The Hall–Kier alpha value is -3.72. The maximum absolute atomic E-state index is 14.0. The molecular formula is C39H54N3O5+. The second-order valence-corrected chi connectivity index (χ2v) is 15.0. The molecule has 0 bridgehead atoms. The summed E-state index contributed by atoms with van der Waals surface area (Å²) in [5.74, 6) is -0.861. The van der Waals surface area contributed by atoms with E-state index >= 15 is 0 Å². The lowest BCUT2D eigenvalue weighted by atomic mass is 9.88. The van der Waals surface area contributed by atoms with Gasteiger partial charge in [0.25, 0.3) is 0 Å². The SMILES string of the molecule is CC(C)(C)OC(=O)N[C@@H](Cc1ccccc1)[C@@H](O)C[C@H](Cc1ccc(CCC[N+](C)(C)C)cc1)C(=O)N[C@H]1c2ccccc2C[C@H]1O. The van der Waals surface area contributed by atoms with Crippen LogP contribution >= 0.6 is 0 Å². The minimum atomic E-state index is -1.05. The molecule has 1 aliphatic rings. The van der Waals surface area contributed by atoms with Crippen molar-refractivity contribution < 1.29 is 29.0 Å². The molecule has 3 aromatic rings. The Balaban J connectivity index is 1.54. The van der Waals surface area contributed by atoms with Crippen molar-refractivity contribution in [2.24, 2.45) is 5.92 Å². The Morgan fingerprint density at radius 1 is 0.894 bits per heavy atom. The number of quaternary nitrogens is 1. The number of fused-ring (bicyclic) bond motifs is 1. The number of nitrogens with zero attached hydrogens (tertiary/aromatic N) is 1. The number of rotatable bonds is 14. The summed E-state index contributed by atoms with van der Waals surface area (Å²) in [6.45, 7) is 6.46. The Kier molecular flexibility index (Phi) is 12.2. The van der Waals surface area contributed by atoms with Gasteiger partial charge in [0, 0.05) is 18.8 Å². The van der Waals surface area contributed by atoms with Crippen LogP contribution in [0.4, 0.5) is 4.79 Å². The molecule has 0 radical (unpaired) electrons. The van der Waals surface area contributed by atoms with Gasteiger partial charge in [-0.1, -0.05) is 78.9 Å². The van der Waals surface area contributed by atoms with Gasteiger partial charge in [-0.2, -0.15) is 0 Å². The molecule has 47 heavy (non-hydrogen) atoms. The maximum Gasteiger partial charge on any atom is 0.407 e. The molecule has 1 aliphatic carbocycles. The smallest absolute Gasteiger partial charge is 0.407 e. The third-order valence-corrected chi connectivity index (χ3v) is 8.66. The molecule has 4 rings (SSSR count). The molecule has 0 spiro atoms. The van der Waals surface area contributed by atoms with Crippen LogP contribution in [-0.4, -0.2) is 78.2 Å². The molecule has 254 valence electrons. The lowest BCUT2D eigenvalue weighted by Crippen LogP contribution is -2.48. The van der Waals surface area contributed by atoms with Crippen molar-refractivity contribution >= 4 is 12.0 Å². The van der Waals surface area contributed by atoms with Crippen molar-refractivity contribution in [1.82, 2.24) is 10.6 Å². The van der Waals surface area contributed by atoms with E-state index in [2.05, 4.69) is 56.0 Å². The number of alkyl carbamates (subject to hydrolysis) is 1. The highest BCUT2D eigenvalue weighted by atomic mass is 16.6. The quantitative estimate of drug-likeness (QED) is 0.182. The van der Waals surface area contributed by atoms with Crippen LogP contribution in [0.15, 0.2) is 78.9 Å². The van der Waals surface area contributed by atoms with Crippen molar-refractivity contribution in [3.8, 4) is 0 Å². The summed E-state index contributed by atoms with van der Waals surface area (Å²) >= 11 is 0. The maximum atomic E-state index is 14.0. The second-order valence-electron chi connectivity index (χ2n) is 15.0. The van der Waals surface area contributed by atoms with Gasteiger partial charge in [0.1, 0.15) is 5.60 Å². The van der Waals surface area contributed by atoms with Crippen molar-refractivity contribution in [2.75, 3.05) is 27.7 Å². The summed E-state index contributed by atoms with van der Waals surface area (Å²) in [5.41, 5.74) is 4.41. The molecule has 2 amide bonds. The number of amides is 2. The summed E-state index contributed by atoms with van der Waals surface area (Å²) in [4.78, 5) is 26.9. The number of nitrogens with one attached hydrogen (secondary N) is 2. The molecule has 3 aromatic carbocycles. The van der Waals surface area contributed by atoms with Gasteiger partial charge >= 0.3 is 6.09 Å². The van der Waals surface area contributed by atoms with Crippen LogP contribution in [0.5, 0.6) is 0 Å². The number of aryl methyl sites for hydroxylation is 1. The molecule has 8 nitrogen and oxygen atoms in total. The fourth-order valence-electron chi connectivity index (χ4n) is 6.25. The number of hydrogen-bond donors (Lipinski definition) is 4. The van der Waals surface area contributed by atoms with Gasteiger partial charge in [-0.15, -0.1) is 0 Å². The zero-order valence-electron chi connectivity index (χ0n) is 28.9. The average molecular weight is 645 g/mol. The largest absolute Gasteiger partial charge is 0.444 e. The third kappa shape index (κ3) is 11.5. The van der Waals surface area contributed by atoms with Crippen LogP contribution in [0.1, 0.15) is 67.5 Å². The van der Waals surface area contributed by atoms with E-state index in [1.165, 1.54) is 5.56 Å². The van der Waals surface area contributed by atoms with Gasteiger partial charge in [-0.05, 0) is 74.3 Å². The summed E-state index contributed by atoms with van der Waals surface area (Å²) in [7, 11) is 6.58. The molecule has 8 heteroatoms. The number of benzene rings is 3. The first-order valence-corrected chi connectivity index (χ1v) is 16.8. The lowest BCUT2D eigenvalue weighted by molar-refractivity contribution is -0.870. The normalized spacial score (nSPS) is 18.1. The van der Waals surface area contributed by atoms with Crippen molar-refractivity contribution in [3.05, 3.63) is 107 Å². The standard InChI is InChI=1S/C39H53N3O5/c1-39(2,3)47-38(46)40-33(24-28-13-8-7-9-14-28)34(43)26-31(23-29-20-18-27(19-21-29)15-12-22-42(4,5)6)37(45)41-36-32-17-11-10-16-30(32)25-35(36)44/h7-11,13-14,16-21,31,33-36,43-44H,12,15,22-26H2,1-6H3,(H-,40,41,45,46)/p+1/t31-,33-,34-,35+,36-/m0/s1. The third-order valence-electron chi connectivity index (χ3n) is 8.66. The highest BCUT2D eigenvalue weighted by molar-refractivity contribution is 5.80. The van der Waals surface area contributed by atoms with E-state index in [1.54, 1.807) is 20.8 Å². The van der Waals surface area contributed by atoms with Crippen LogP contribution in [-0.2, 0) is 35.2 Å². The number of aliphatic hydroxyl groups excluding tert-OH is 2. The highest BCUT2D eigenvalue weighted by Gasteiger charge is 2.35. The molecular weight excluding hydrogens is 590 g/mol. The summed E-state index contributed by atoms with van der Waals surface area (Å²) in [6, 6.07) is 24.6. The number of carbonyl (C=O) groups excluding carboxylic acids is 2. The topological polar surface area (TPSA) is 108 Å². The fourth-order valence-corrected chi connectivity index (χ4v) is 6.25. The van der Waals surface area contributed by atoms with Crippen LogP contribution in [0, 0.1) is 5.92 Å². The molecule has 0 saturated heterocycles. The van der Waals surface area contributed by atoms with E-state index < -0.39 is 41.9 Å². The number of hydrogen-bond acceptors (Lipinski definition) is 5. The van der Waals surface area contributed by atoms with E-state index in [0.717, 1.165) is 46.1 Å². The van der Waals surface area contributed by atoms with Crippen LogP contribution in [0.2, 0.25) is 0 Å². The Morgan fingerprint density at radius 2 is 1.51 bits per heavy atom. The van der Waals surface area contributed by atoms with Crippen LogP contribution in [0.3, 0.4) is 0 Å². The molecule has 4 N–H and O–H groups in total. The number of ether oxygens (including phenoxy) is 1. The second kappa shape index (κ2) is 15.9.